The van der Waals surface area contributed by atoms with Crippen LogP contribution < -0.4 is 0 Å². The molecule has 8 rings (SSSR count). The number of hydrogen-bond acceptors (Lipinski definition) is 8. The molecule has 3 aromatic heterocycles. The molecule has 2 bridgehead atoms. The number of pyridine rings is 1. The summed E-state index contributed by atoms with van der Waals surface area (Å²) >= 11 is 6.54. The van der Waals surface area contributed by atoms with E-state index in [1.165, 1.54) is 13.0 Å². The molecule has 2 aliphatic heterocycles. The monoisotopic (exact) mass is 624 g/mol. The fourth-order valence-corrected chi connectivity index (χ4v) is 6.54. The largest absolute Gasteiger partial charge is 0.416 e. The molecule has 1 aromatic carbocycles. The number of rotatable bonds is 7. The quantitative estimate of drug-likeness (QED) is 0.189. The second kappa shape index (κ2) is 10.4. The van der Waals surface area contributed by atoms with Crippen LogP contribution in [-0.2, 0) is 16.5 Å². The molecule has 2 aliphatic carbocycles. The molecule has 0 spiro atoms. The van der Waals surface area contributed by atoms with Gasteiger partial charge in [0.1, 0.15) is 17.1 Å². The van der Waals surface area contributed by atoms with Gasteiger partial charge < -0.3 is 13.8 Å². The molecule has 2 saturated heterocycles. The minimum atomic E-state index is -4.63. The number of hydrogen-bond donors (Lipinski definition) is 0. The smallest absolute Gasteiger partial charge is 0.364 e. The molecule has 4 aliphatic rings. The molecule has 2 saturated carbocycles. The number of aryl methyl sites for hydroxylation is 1. The van der Waals surface area contributed by atoms with Gasteiger partial charge in [-0.05, 0) is 76.1 Å². The van der Waals surface area contributed by atoms with Crippen LogP contribution >= 0.6 is 11.6 Å². The van der Waals surface area contributed by atoms with E-state index >= 15 is 0 Å². The summed E-state index contributed by atoms with van der Waals surface area (Å²) in [6.07, 6.45) is 7.88. The number of ether oxygens (including phenoxy) is 1. The van der Waals surface area contributed by atoms with E-state index in [4.69, 9.17) is 25.4 Å². The topological polar surface area (TPSA) is 104 Å². The van der Waals surface area contributed by atoms with Crippen molar-refractivity contribution < 1.29 is 31.7 Å². The molecule has 0 atom stereocenters. The SMILES string of the molecule is CC(=O)c1cc(-c2noc(C34CCC(/C=C/c5c(-c6c(C)cncc6Cl)noc5C5CC5)(CC3)CO4)n2)cc(C(F)(F)F)c1. The number of alkyl halides is 3. The molecular weight excluding hydrogens is 597 g/mol. The van der Waals surface area contributed by atoms with Gasteiger partial charge in [0.25, 0.3) is 5.89 Å². The van der Waals surface area contributed by atoms with Crippen molar-refractivity contribution in [3.05, 3.63) is 75.6 Å². The number of fused-ring (bicyclic) bond motifs is 3. The van der Waals surface area contributed by atoms with Gasteiger partial charge in [-0.15, -0.1) is 0 Å². The molecule has 44 heavy (non-hydrogen) atoms. The summed E-state index contributed by atoms with van der Waals surface area (Å²) in [5, 5.41) is 8.91. The number of benzene rings is 1. The fourth-order valence-electron chi connectivity index (χ4n) is 6.25. The van der Waals surface area contributed by atoms with Crippen LogP contribution in [0.5, 0.6) is 0 Å². The maximum atomic E-state index is 13.5. The van der Waals surface area contributed by atoms with Gasteiger partial charge in [-0.25, -0.2) is 0 Å². The lowest BCUT2D eigenvalue weighted by molar-refractivity contribution is -0.186. The molecular formula is C32H28ClF3N4O4. The van der Waals surface area contributed by atoms with Gasteiger partial charge in [0.2, 0.25) is 5.82 Å². The first-order valence-corrected chi connectivity index (χ1v) is 14.9. The number of Topliss-reactive ketones (excluding diaryl/α,β-unsaturated/α-hetero) is 1. The Hall–Kier alpha value is -3.83. The van der Waals surface area contributed by atoms with Gasteiger partial charge in [-0.1, -0.05) is 34.1 Å². The molecule has 228 valence electrons. The second-order valence-electron chi connectivity index (χ2n) is 12.2. The summed E-state index contributed by atoms with van der Waals surface area (Å²) in [7, 11) is 0. The van der Waals surface area contributed by atoms with Crippen LogP contribution in [0, 0.1) is 12.3 Å². The standard InChI is InChI=1S/C32H28ClF3N4O4/c1-17-14-37-15-24(33)25(17)26-23(27(43-39-26)19-3-4-19)5-6-30-7-9-31(10-8-30,42-16-30)29-38-28(40-44-29)21-11-20(18(2)41)12-22(13-21)32(34,35)36/h5-6,11-15,19H,3-4,7-10,16H2,1-2H3/b6-5+. The molecule has 12 heteroatoms. The molecule has 0 N–H and O–H groups in total. The third-order valence-electron chi connectivity index (χ3n) is 9.06. The average molecular weight is 625 g/mol. The number of carbonyl (C=O) groups is 1. The number of nitrogens with zero attached hydrogens (tertiary/aromatic N) is 4. The van der Waals surface area contributed by atoms with Crippen molar-refractivity contribution in [2.24, 2.45) is 5.41 Å². The summed E-state index contributed by atoms with van der Waals surface area (Å²) in [6.45, 7) is 3.57. The first-order valence-electron chi connectivity index (χ1n) is 14.5. The Labute approximate surface area is 255 Å². The molecule has 4 fully saturated rings. The highest BCUT2D eigenvalue weighted by atomic mass is 35.5. The van der Waals surface area contributed by atoms with Gasteiger partial charge in [-0.2, -0.15) is 18.2 Å². The summed E-state index contributed by atoms with van der Waals surface area (Å²) in [5.74, 6) is 0.917. The first-order chi connectivity index (χ1) is 21.0. The lowest BCUT2D eigenvalue weighted by Gasteiger charge is -2.50. The normalized spacial score (nSPS) is 23.5. The van der Waals surface area contributed by atoms with Gasteiger partial charge >= 0.3 is 6.18 Å². The Morgan fingerprint density at radius 2 is 1.84 bits per heavy atom. The number of ketones is 1. The maximum absolute atomic E-state index is 13.5. The van der Waals surface area contributed by atoms with E-state index in [1.54, 1.807) is 12.4 Å². The van der Waals surface area contributed by atoms with Crippen molar-refractivity contribution in [2.45, 2.75) is 70.1 Å². The molecule has 0 amide bonds. The van der Waals surface area contributed by atoms with Crippen molar-refractivity contribution in [3.8, 4) is 22.6 Å². The summed E-state index contributed by atoms with van der Waals surface area (Å²) < 4.78 is 58.4. The maximum Gasteiger partial charge on any atom is 0.416 e. The van der Waals surface area contributed by atoms with Crippen LogP contribution in [0.3, 0.4) is 0 Å². The van der Waals surface area contributed by atoms with Crippen molar-refractivity contribution >= 4 is 23.5 Å². The van der Waals surface area contributed by atoms with Crippen molar-refractivity contribution in [2.75, 3.05) is 6.61 Å². The molecule has 0 radical (unpaired) electrons. The van der Waals surface area contributed by atoms with Gasteiger partial charge in [0.05, 0.1) is 17.2 Å². The lowest BCUT2D eigenvalue weighted by Crippen LogP contribution is -2.48. The van der Waals surface area contributed by atoms with Crippen molar-refractivity contribution in [3.63, 3.8) is 0 Å². The molecule has 5 heterocycles. The third-order valence-corrected chi connectivity index (χ3v) is 9.35. The van der Waals surface area contributed by atoms with Gasteiger partial charge in [0, 0.05) is 46.0 Å². The predicted molar refractivity (Wildman–Crippen MR) is 154 cm³/mol. The highest BCUT2D eigenvalue weighted by Crippen LogP contribution is 2.55. The Morgan fingerprint density at radius 3 is 2.48 bits per heavy atom. The van der Waals surface area contributed by atoms with E-state index in [-0.39, 0.29) is 28.3 Å². The first kappa shape index (κ1) is 28.9. The second-order valence-corrected chi connectivity index (χ2v) is 12.6. The van der Waals surface area contributed by atoms with Crippen LogP contribution in [0.15, 0.2) is 45.7 Å². The molecule has 0 unspecified atom stereocenters. The summed E-state index contributed by atoms with van der Waals surface area (Å²) in [4.78, 5) is 20.6. The Morgan fingerprint density at radius 1 is 1.07 bits per heavy atom. The Bertz CT molecular complexity index is 1760. The van der Waals surface area contributed by atoms with E-state index in [0.717, 1.165) is 60.3 Å². The number of aromatic nitrogens is 4. The van der Waals surface area contributed by atoms with Crippen molar-refractivity contribution in [1.82, 2.24) is 20.3 Å². The van der Waals surface area contributed by atoms with E-state index in [0.29, 0.717) is 36.1 Å². The lowest BCUT2D eigenvalue weighted by atomic mass is 9.65. The van der Waals surface area contributed by atoms with E-state index in [1.807, 2.05) is 6.92 Å². The van der Waals surface area contributed by atoms with Gasteiger partial charge in [-0.3, -0.25) is 9.78 Å². The van der Waals surface area contributed by atoms with E-state index < -0.39 is 23.1 Å². The Kier molecular flexibility index (Phi) is 6.82. The van der Waals surface area contributed by atoms with Gasteiger partial charge in [0.15, 0.2) is 5.78 Å². The molecule has 8 nitrogen and oxygen atoms in total. The Balaban J connectivity index is 1.14. The highest BCUT2D eigenvalue weighted by Gasteiger charge is 2.53. The average Bonchev–Trinajstić information content (AvgIpc) is 3.56. The minimum Gasteiger partial charge on any atom is -0.364 e. The van der Waals surface area contributed by atoms with E-state index in [9.17, 15) is 18.0 Å². The third kappa shape index (κ3) is 5.05. The fraction of sp³-hybridized carbons (Fsp3) is 0.406. The van der Waals surface area contributed by atoms with E-state index in [2.05, 4.69) is 32.4 Å². The zero-order valence-electron chi connectivity index (χ0n) is 24.0. The minimum absolute atomic E-state index is 0.0217. The van der Waals surface area contributed by atoms with Crippen LogP contribution in [0.25, 0.3) is 28.7 Å². The van der Waals surface area contributed by atoms with Crippen molar-refractivity contribution in [1.29, 1.82) is 0 Å². The zero-order valence-corrected chi connectivity index (χ0v) is 24.8. The zero-order chi connectivity index (χ0) is 30.9. The summed E-state index contributed by atoms with van der Waals surface area (Å²) in [5.41, 5.74) is 1.32. The van der Waals surface area contributed by atoms with Crippen LogP contribution in [0.2, 0.25) is 5.02 Å². The molecule has 4 aromatic rings. The number of carbonyl (C=O) groups excluding carboxylic acids is 1. The number of halogens is 4. The van der Waals surface area contributed by atoms with Crippen LogP contribution in [0.4, 0.5) is 13.2 Å². The predicted octanol–water partition coefficient (Wildman–Crippen LogP) is 8.35. The van der Waals surface area contributed by atoms with Crippen LogP contribution in [0.1, 0.15) is 90.1 Å². The summed E-state index contributed by atoms with van der Waals surface area (Å²) in [6, 6.07) is 3.09. The van der Waals surface area contributed by atoms with Crippen LogP contribution in [-0.4, -0.2) is 32.7 Å². The highest BCUT2D eigenvalue weighted by molar-refractivity contribution is 6.33.